The van der Waals surface area contributed by atoms with E-state index < -0.39 is 0 Å². The topological polar surface area (TPSA) is 22.9 Å². The average molecular weight is 932 g/mol. The summed E-state index contributed by atoms with van der Waals surface area (Å²) in [5.74, 6) is 1.60. The number of nitrogens with zero attached hydrogens (tertiary/aromatic N) is 3. The molecular weight excluding hydrogens is 876 g/mol. The Morgan fingerprint density at radius 1 is 0.491 bits per heavy atom. The zero-order valence-electron chi connectivity index (χ0n) is 34.8. The van der Waals surface area contributed by atoms with E-state index >= 15 is 0 Å². The molecular formula is C53H56AuN3-. The van der Waals surface area contributed by atoms with E-state index in [9.17, 15) is 0 Å². The van der Waals surface area contributed by atoms with Gasteiger partial charge in [0, 0.05) is 22.4 Å². The zero-order chi connectivity index (χ0) is 39.1. The first-order chi connectivity index (χ1) is 27.1. The molecule has 57 heavy (non-hydrogen) atoms. The molecule has 3 nitrogen and oxygen atoms in total. The molecule has 4 bridgehead atoms. The van der Waals surface area contributed by atoms with Gasteiger partial charge in [0.15, 0.2) is 0 Å². The summed E-state index contributed by atoms with van der Waals surface area (Å²) in [5, 5.41) is 2.50. The molecule has 0 atom stereocenters. The molecule has 0 saturated heterocycles. The van der Waals surface area contributed by atoms with E-state index in [2.05, 4.69) is 185 Å². The van der Waals surface area contributed by atoms with Crippen LogP contribution in [0.1, 0.15) is 124 Å². The zero-order valence-corrected chi connectivity index (χ0v) is 37.0. The second-order valence-corrected chi connectivity index (χ2v) is 17.0. The SMILES string of the molecule is CC(C)c1cccc(C(C)C)c1-n1[c-][n+](-c2c(C(C)C)cccc2C(C)C)c2c3ccc(c21)CCc1ccc(cc1)CC3.[Au].c1ccc2c(c1)[n-]c1ccccc12. The monoisotopic (exact) mass is 931 g/mol. The van der Waals surface area contributed by atoms with Crippen LogP contribution < -0.4 is 9.55 Å². The molecule has 6 aromatic carbocycles. The van der Waals surface area contributed by atoms with E-state index in [1.54, 1.807) is 0 Å². The van der Waals surface area contributed by atoms with E-state index in [1.165, 1.54) is 77.7 Å². The van der Waals surface area contributed by atoms with Gasteiger partial charge in [0.25, 0.3) is 6.33 Å². The summed E-state index contributed by atoms with van der Waals surface area (Å²) in [5.41, 5.74) is 18.7. The smallest absolute Gasteiger partial charge is 0.269 e. The van der Waals surface area contributed by atoms with Crippen molar-refractivity contribution in [2.24, 2.45) is 0 Å². The first-order valence-electron chi connectivity index (χ1n) is 20.9. The summed E-state index contributed by atoms with van der Waals surface area (Å²) in [6.45, 7) is 18.6. The minimum Gasteiger partial charge on any atom is -0.657 e. The first kappa shape index (κ1) is 40.5. The maximum atomic E-state index is 4.52. The summed E-state index contributed by atoms with van der Waals surface area (Å²) >= 11 is 0. The number of imidazole rings is 1. The summed E-state index contributed by atoms with van der Waals surface area (Å²) in [7, 11) is 0. The number of hydrogen-bond acceptors (Lipinski definition) is 0. The predicted molar refractivity (Wildman–Crippen MR) is 236 cm³/mol. The van der Waals surface area contributed by atoms with Crippen LogP contribution in [0.25, 0.3) is 44.2 Å². The summed E-state index contributed by atoms with van der Waals surface area (Å²) < 4.78 is 4.96. The van der Waals surface area contributed by atoms with Crippen LogP contribution in [-0.2, 0) is 48.1 Å². The second kappa shape index (κ2) is 17.0. The maximum absolute atomic E-state index is 4.52. The Labute approximate surface area is 355 Å². The van der Waals surface area contributed by atoms with Gasteiger partial charge in [-0.2, -0.15) is 0 Å². The van der Waals surface area contributed by atoms with Crippen molar-refractivity contribution in [2.45, 2.75) is 105 Å². The Balaban J connectivity index is 0.000000297. The third-order valence-electron chi connectivity index (χ3n) is 11.8. The molecule has 0 saturated carbocycles. The van der Waals surface area contributed by atoms with Gasteiger partial charge >= 0.3 is 0 Å². The van der Waals surface area contributed by atoms with Gasteiger partial charge in [0.2, 0.25) is 0 Å². The molecule has 2 aromatic heterocycles. The van der Waals surface area contributed by atoms with Gasteiger partial charge < -0.3 is 4.98 Å². The van der Waals surface area contributed by atoms with Crippen LogP contribution in [0, 0.1) is 6.33 Å². The number of aromatic nitrogens is 3. The van der Waals surface area contributed by atoms with E-state index in [4.69, 9.17) is 0 Å². The van der Waals surface area contributed by atoms with E-state index in [-0.39, 0.29) is 22.4 Å². The van der Waals surface area contributed by atoms with E-state index in [1.807, 2.05) is 12.1 Å². The molecule has 0 amide bonds. The third kappa shape index (κ3) is 7.83. The van der Waals surface area contributed by atoms with Crippen molar-refractivity contribution >= 4 is 32.8 Å². The van der Waals surface area contributed by atoms with Gasteiger partial charge in [-0.15, -0.1) is 11.0 Å². The Morgan fingerprint density at radius 3 is 1.42 bits per heavy atom. The number of aryl methyl sites for hydroxylation is 4. The van der Waals surface area contributed by atoms with Crippen molar-refractivity contribution in [3.63, 3.8) is 0 Å². The summed E-state index contributed by atoms with van der Waals surface area (Å²) in [6, 6.07) is 44.5. The Kier molecular flexibility index (Phi) is 12.1. The molecule has 0 unspecified atom stereocenters. The second-order valence-electron chi connectivity index (χ2n) is 17.0. The molecule has 4 aliphatic carbocycles. The van der Waals surface area contributed by atoms with Gasteiger partial charge in [-0.05, 0) is 105 Å². The van der Waals surface area contributed by atoms with Crippen LogP contribution in [-0.4, -0.2) is 4.57 Å². The Morgan fingerprint density at radius 2 is 0.930 bits per heavy atom. The van der Waals surface area contributed by atoms with Crippen LogP contribution in [0.15, 0.2) is 121 Å². The molecule has 12 rings (SSSR count). The molecule has 8 aromatic rings. The number of rotatable bonds is 6. The van der Waals surface area contributed by atoms with Crippen LogP contribution in [0.5, 0.6) is 0 Å². The van der Waals surface area contributed by atoms with Gasteiger partial charge in [0.05, 0.1) is 22.4 Å². The molecule has 0 aliphatic heterocycles. The van der Waals surface area contributed by atoms with Crippen LogP contribution >= 0.6 is 0 Å². The van der Waals surface area contributed by atoms with Crippen LogP contribution in [0.2, 0.25) is 0 Å². The minimum absolute atomic E-state index is 0. The molecule has 295 valence electrons. The van der Waals surface area contributed by atoms with Gasteiger partial charge in [0.1, 0.15) is 0 Å². The maximum Gasteiger partial charge on any atom is 0.269 e. The fourth-order valence-corrected chi connectivity index (χ4v) is 8.79. The summed E-state index contributed by atoms with van der Waals surface area (Å²) in [4.78, 5) is 4.52. The first-order valence-corrected chi connectivity index (χ1v) is 20.9. The Hall–Kier alpha value is -4.67. The van der Waals surface area contributed by atoms with E-state index in [0.29, 0.717) is 23.7 Å². The molecule has 2 heterocycles. The van der Waals surface area contributed by atoms with Crippen molar-refractivity contribution in [3.8, 4) is 11.4 Å². The normalized spacial score (nSPS) is 12.8. The van der Waals surface area contributed by atoms with E-state index in [0.717, 1.165) is 36.7 Å². The third-order valence-corrected chi connectivity index (χ3v) is 11.8. The van der Waals surface area contributed by atoms with Crippen molar-refractivity contribution in [2.75, 3.05) is 0 Å². The Bertz CT molecular complexity index is 2420. The van der Waals surface area contributed by atoms with Crippen LogP contribution in [0.3, 0.4) is 0 Å². The average Bonchev–Trinajstić information content (AvgIpc) is 3.78. The minimum atomic E-state index is 0. The number of para-hydroxylation sites is 4. The van der Waals surface area contributed by atoms with Crippen molar-refractivity contribution < 1.29 is 26.9 Å². The quantitative estimate of drug-likeness (QED) is 0.0925. The number of benzene rings is 6. The molecule has 4 aliphatic rings. The van der Waals surface area contributed by atoms with Crippen molar-refractivity contribution in [1.29, 1.82) is 0 Å². The van der Waals surface area contributed by atoms with Gasteiger partial charge in [-0.1, -0.05) is 177 Å². The van der Waals surface area contributed by atoms with Crippen molar-refractivity contribution in [3.05, 3.63) is 172 Å². The molecule has 0 N–H and O–H groups in total. The molecule has 4 heteroatoms. The molecule has 0 spiro atoms. The predicted octanol–water partition coefficient (Wildman–Crippen LogP) is 13.0. The van der Waals surface area contributed by atoms with Gasteiger partial charge in [-0.3, -0.25) is 9.13 Å². The number of hydrogen-bond donors (Lipinski definition) is 0. The fourth-order valence-electron chi connectivity index (χ4n) is 8.79. The number of fused-ring (bicyclic) bond motifs is 3. The van der Waals surface area contributed by atoms with Gasteiger partial charge in [-0.25, -0.2) is 0 Å². The largest absolute Gasteiger partial charge is 0.657 e. The fraction of sp³-hybridized carbons (Fsp3) is 0.302. The van der Waals surface area contributed by atoms with Crippen molar-refractivity contribution in [1.82, 2.24) is 9.55 Å². The summed E-state index contributed by atoms with van der Waals surface area (Å²) in [6.07, 6.45) is 8.14. The standard InChI is InChI=1S/C41H48N2.C12H8N.Au/c1-26(2)34-11-9-12-35(27(3)4)40(34)42-25-43(41-36(28(5)6)13-10-14-37(41)29(7)8)39-33-22-20-31-17-15-30(16-18-31)19-21-32(23-24-33)38(39)42;1-3-7-11-9(5-1)10-6-2-4-8-12(10)13-11;/h9-18,23-24,26-29H,19-22H2,1-8H3;1-8H;/q;-1;. The molecule has 1 radical (unpaired) electrons. The van der Waals surface area contributed by atoms with Crippen LogP contribution in [0.4, 0.5) is 0 Å². The molecule has 0 fully saturated rings.